The second-order valence-corrected chi connectivity index (χ2v) is 5.10. The average molecular weight is 296 g/mol. The van der Waals surface area contributed by atoms with Gasteiger partial charge in [0.2, 0.25) is 5.91 Å². The van der Waals surface area contributed by atoms with E-state index in [-0.39, 0.29) is 11.8 Å². The summed E-state index contributed by atoms with van der Waals surface area (Å²) in [5.41, 5.74) is 1.29. The van der Waals surface area contributed by atoms with Crippen LogP contribution in [-0.4, -0.2) is 34.5 Å². The average Bonchev–Trinajstić information content (AvgIpc) is 2.92. The first-order valence-electron chi connectivity index (χ1n) is 7.06. The molecule has 0 saturated carbocycles. The third kappa shape index (κ3) is 2.46. The molecule has 1 fully saturated rings. The second kappa shape index (κ2) is 5.99. The predicted octanol–water partition coefficient (Wildman–Crippen LogP) is 1.32. The fourth-order valence-electron chi connectivity index (χ4n) is 2.65. The van der Waals surface area contributed by atoms with Crippen LogP contribution in [0.3, 0.4) is 0 Å². The van der Waals surface area contributed by atoms with Gasteiger partial charge in [0.1, 0.15) is 12.2 Å². The van der Waals surface area contributed by atoms with Gasteiger partial charge in [-0.25, -0.2) is 0 Å². The van der Waals surface area contributed by atoms with Gasteiger partial charge in [-0.3, -0.25) is 14.5 Å². The molecule has 2 N–H and O–H groups in total. The summed E-state index contributed by atoms with van der Waals surface area (Å²) < 4.78 is 0. The Morgan fingerprint density at radius 3 is 2.23 bits per heavy atom. The molecule has 0 aromatic heterocycles. The Morgan fingerprint density at radius 2 is 1.64 bits per heavy atom. The Balaban J connectivity index is 1.99. The quantitative estimate of drug-likeness (QED) is 0.897. The van der Waals surface area contributed by atoms with Crippen molar-refractivity contribution in [1.82, 2.24) is 10.2 Å². The number of nitrogens with one attached hydrogen (secondary N) is 1. The van der Waals surface area contributed by atoms with E-state index in [1.165, 1.54) is 4.90 Å². The zero-order valence-electron chi connectivity index (χ0n) is 11.8. The molecule has 1 unspecified atom stereocenters. The summed E-state index contributed by atoms with van der Waals surface area (Å²) in [6, 6.07) is 17.1. The smallest absolute Gasteiger partial charge is 0.256 e. The van der Waals surface area contributed by atoms with Gasteiger partial charge in [0, 0.05) is 5.56 Å². The second-order valence-electron chi connectivity index (χ2n) is 5.10. The number of hydrogen-bond acceptors (Lipinski definition) is 3. The molecule has 1 aliphatic heterocycles. The maximum atomic E-state index is 12.8. The Hall–Kier alpha value is -2.66. The highest BCUT2D eigenvalue weighted by Crippen LogP contribution is 2.28. The summed E-state index contributed by atoms with van der Waals surface area (Å²) >= 11 is 0. The van der Waals surface area contributed by atoms with Crippen LogP contribution in [0.4, 0.5) is 0 Å². The molecule has 0 radical (unpaired) electrons. The summed E-state index contributed by atoms with van der Waals surface area (Å²) in [6.45, 7) is -0.409. The van der Waals surface area contributed by atoms with E-state index < -0.39 is 18.8 Å². The van der Waals surface area contributed by atoms with Crippen molar-refractivity contribution in [3.63, 3.8) is 0 Å². The normalized spacial score (nSPS) is 20.8. The summed E-state index contributed by atoms with van der Waals surface area (Å²) in [7, 11) is 0. The standard InChI is InChI=1S/C17H16N2O3/c20-11-14-16(21)18-15(12-7-3-1-4-8-12)19(14)17(22)13-9-5-2-6-10-13/h1-10,14-15,20H,11H2,(H,18,21)/t14-,15?/m1/s1. The number of rotatable bonds is 3. The Morgan fingerprint density at radius 1 is 1.05 bits per heavy atom. The molecule has 112 valence electrons. The molecule has 0 spiro atoms. The summed E-state index contributed by atoms with van der Waals surface area (Å²) in [5.74, 6) is -0.632. The van der Waals surface area contributed by atoms with Crippen LogP contribution in [0.5, 0.6) is 0 Å². The highest BCUT2D eigenvalue weighted by Gasteiger charge is 2.43. The maximum absolute atomic E-state index is 12.8. The van der Waals surface area contributed by atoms with Crippen molar-refractivity contribution < 1.29 is 14.7 Å². The van der Waals surface area contributed by atoms with Gasteiger partial charge >= 0.3 is 0 Å². The minimum absolute atomic E-state index is 0.285. The SMILES string of the molecule is O=C1NC(c2ccccc2)N(C(=O)c2ccccc2)[C@@H]1CO. The van der Waals surface area contributed by atoms with Crippen molar-refractivity contribution in [1.29, 1.82) is 0 Å². The Labute approximate surface area is 128 Å². The van der Waals surface area contributed by atoms with Crippen LogP contribution in [0.2, 0.25) is 0 Å². The van der Waals surface area contributed by atoms with E-state index in [1.807, 2.05) is 36.4 Å². The van der Waals surface area contributed by atoms with Crippen LogP contribution in [0, 0.1) is 0 Å². The molecule has 0 aliphatic carbocycles. The molecule has 2 amide bonds. The number of carbonyl (C=O) groups is 2. The first kappa shape index (κ1) is 14.3. The van der Waals surface area contributed by atoms with Crippen LogP contribution >= 0.6 is 0 Å². The van der Waals surface area contributed by atoms with Gasteiger partial charge in [-0.2, -0.15) is 0 Å². The van der Waals surface area contributed by atoms with E-state index in [4.69, 9.17) is 0 Å². The van der Waals surface area contributed by atoms with Gasteiger partial charge in [-0.05, 0) is 17.7 Å². The lowest BCUT2D eigenvalue weighted by atomic mass is 10.1. The molecule has 2 atom stereocenters. The van der Waals surface area contributed by atoms with Crippen molar-refractivity contribution in [3.8, 4) is 0 Å². The van der Waals surface area contributed by atoms with Crippen molar-refractivity contribution in [3.05, 3.63) is 71.8 Å². The molecule has 1 aliphatic rings. The van der Waals surface area contributed by atoms with Gasteiger partial charge in [0.05, 0.1) is 6.61 Å². The van der Waals surface area contributed by atoms with Crippen LogP contribution in [-0.2, 0) is 4.79 Å². The fourth-order valence-corrected chi connectivity index (χ4v) is 2.65. The number of hydrogen-bond donors (Lipinski definition) is 2. The van der Waals surface area contributed by atoms with Gasteiger partial charge in [-0.15, -0.1) is 0 Å². The molecule has 1 heterocycles. The van der Waals surface area contributed by atoms with Gasteiger partial charge in [0.15, 0.2) is 0 Å². The van der Waals surface area contributed by atoms with E-state index in [2.05, 4.69) is 5.32 Å². The number of amides is 2. The predicted molar refractivity (Wildman–Crippen MR) is 80.8 cm³/mol. The zero-order chi connectivity index (χ0) is 15.5. The van der Waals surface area contributed by atoms with E-state index in [1.54, 1.807) is 24.3 Å². The topological polar surface area (TPSA) is 69.6 Å². The van der Waals surface area contributed by atoms with Crippen molar-refractivity contribution >= 4 is 11.8 Å². The molecular weight excluding hydrogens is 280 g/mol. The molecule has 2 aromatic carbocycles. The number of aliphatic hydroxyl groups excluding tert-OH is 1. The largest absolute Gasteiger partial charge is 0.394 e. The fraction of sp³-hybridized carbons (Fsp3) is 0.176. The number of benzene rings is 2. The lowest BCUT2D eigenvalue weighted by Crippen LogP contribution is -2.41. The molecule has 1 saturated heterocycles. The molecule has 3 rings (SSSR count). The monoisotopic (exact) mass is 296 g/mol. The minimum atomic E-state index is -0.877. The number of aliphatic hydroxyl groups is 1. The molecule has 5 heteroatoms. The summed E-state index contributed by atoms with van der Waals surface area (Å²) in [4.78, 5) is 26.2. The zero-order valence-corrected chi connectivity index (χ0v) is 11.8. The van der Waals surface area contributed by atoms with Crippen molar-refractivity contribution in [2.24, 2.45) is 0 Å². The van der Waals surface area contributed by atoms with Gasteiger partial charge < -0.3 is 10.4 Å². The van der Waals surface area contributed by atoms with E-state index in [0.717, 1.165) is 5.56 Å². The first-order chi connectivity index (χ1) is 10.7. The maximum Gasteiger partial charge on any atom is 0.256 e. The Kier molecular flexibility index (Phi) is 3.89. The Bertz CT molecular complexity index is 673. The van der Waals surface area contributed by atoms with Crippen molar-refractivity contribution in [2.75, 3.05) is 6.61 Å². The highest BCUT2D eigenvalue weighted by molar-refractivity contribution is 5.99. The van der Waals surface area contributed by atoms with Crippen LogP contribution in [0.15, 0.2) is 60.7 Å². The first-order valence-corrected chi connectivity index (χ1v) is 7.06. The van der Waals surface area contributed by atoms with Crippen LogP contribution < -0.4 is 5.32 Å². The molecule has 0 bridgehead atoms. The lowest BCUT2D eigenvalue weighted by Gasteiger charge is -2.27. The number of nitrogens with zero attached hydrogens (tertiary/aromatic N) is 1. The van der Waals surface area contributed by atoms with Gasteiger partial charge in [0.25, 0.3) is 5.91 Å². The molecule has 22 heavy (non-hydrogen) atoms. The van der Waals surface area contributed by atoms with Crippen LogP contribution in [0.25, 0.3) is 0 Å². The molecular formula is C17H16N2O3. The lowest BCUT2D eigenvalue weighted by molar-refractivity contribution is -0.122. The van der Waals surface area contributed by atoms with Crippen molar-refractivity contribution in [2.45, 2.75) is 12.2 Å². The molecule has 5 nitrogen and oxygen atoms in total. The molecule has 2 aromatic rings. The third-order valence-electron chi connectivity index (χ3n) is 3.74. The van der Waals surface area contributed by atoms with Gasteiger partial charge in [-0.1, -0.05) is 48.5 Å². The summed E-state index contributed by atoms with van der Waals surface area (Å²) in [6.07, 6.45) is -0.571. The van der Waals surface area contributed by atoms with E-state index in [9.17, 15) is 14.7 Å². The van der Waals surface area contributed by atoms with Crippen LogP contribution in [0.1, 0.15) is 22.1 Å². The highest BCUT2D eigenvalue weighted by atomic mass is 16.3. The number of carbonyl (C=O) groups excluding carboxylic acids is 2. The minimum Gasteiger partial charge on any atom is -0.394 e. The third-order valence-corrected chi connectivity index (χ3v) is 3.74. The van der Waals surface area contributed by atoms with E-state index >= 15 is 0 Å². The van der Waals surface area contributed by atoms with E-state index in [0.29, 0.717) is 5.56 Å². The summed E-state index contributed by atoms with van der Waals surface area (Å²) in [5, 5.41) is 12.3.